The molecule has 4 N–H and O–H groups in total. The summed E-state index contributed by atoms with van der Waals surface area (Å²) in [4.78, 5) is 95.4. The molecule has 0 bridgehead atoms. The number of aryl methyl sites for hydroxylation is 2. The molecule has 24 heteroatoms. The lowest BCUT2D eigenvalue weighted by molar-refractivity contribution is -0.136. The molecule has 7 rings (SSSR count). The lowest BCUT2D eigenvalue weighted by atomic mass is 10.0. The van der Waals surface area contributed by atoms with Gasteiger partial charge in [-0.05, 0) is 63.4 Å². The maximum absolute atomic E-state index is 13.2. The summed E-state index contributed by atoms with van der Waals surface area (Å²) in [6, 6.07) is 10.8. The summed E-state index contributed by atoms with van der Waals surface area (Å²) in [6.45, 7) is 12.7. The fourth-order valence-corrected chi connectivity index (χ4v) is 9.44. The van der Waals surface area contributed by atoms with Gasteiger partial charge < -0.3 is 49.3 Å². The van der Waals surface area contributed by atoms with Crippen LogP contribution in [0.1, 0.15) is 80.3 Å². The van der Waals surface area contributed by atoms with E-state index in [4.69, 9.17) is 45.0 Å². The third kappa shape index (κ3) is 17.0. The maximum Gasteiger partial charge on any atom is 0.267 e. The molecule has 0 saturated carbocycles. The molecule has 2 fully saturated rings. The van der Waals surface area contributed by atoms with Gasteiger partial charge >= 0.3 is 0 Å². The van der Waals surface area contributed by atoms with E-state index in [0.717, 1.165) is 74.7 Å². The van der Waals surface area contributed by atoms with Crippen molar-refractivity contribution in [1.82, 2.24) is 30.1 Å². The van der Waals surface area contributed by atoms with Gasteiger partial charge in [-0.3, -0.25) is 43.9 Å². The standard InChI is InChI=1S/C51H65ClN10O12S/c1-34-9-7-11-37(52)46(34)59-48(66)40-32-53-51(75-40)57-41-31-42(55-35(2)54-41)61-18-16-60(17-19-61)15-5-3-4-6-20-69-21-22-70-23-24-71-25-26-72-27-28-73-29-30-74-33-44(64)56-38-12-8-10-36-45(38)50(68)62(49(36)67)39-13-14-43(63)58-47(39)65/h7-12,31-32,39H,3-6,13-30,33H2,1-2H3,(H,56,64)(H,59,66)(H,58,63,65)(H,53,54,55,57). The number of unbranched alkanes of at least 4 members (excludes halogenated alkanes) is 3. The largest absolute Gasteiger partial charge is 0.379 e. The Kier molecular flexibility index (Phi) is 22.2. The minimum atomic E-state index is -1.11. The molecule has 3 aliphatic rings. The van der Waals surface area contributed by atoms with Crippen LogP contribution < -0.4 is 26.2 Å². The number of rotatable bonds is 31. The molecule has 1 atom stereocenters. The number of halogens is 1. The van der Waals surface area contributed by atoms with Gasteiger partial charge in [-0.2, -0.15) is 0 Å². The first-order valence-corrected chi connectivity index (χ1v) is 26.4. The Balaban J connectivity index is 0.620. The van der Waals surface area contributed by atoms with Gasteiger partial charge in [-0.25, -0.2) is 15.0 Å². The van der Waals surface area contributed by atoms with Crippen LogP contribution in [0, 0.1) is 13.8 Å². The lowest BCUT2D eigenvalue weighted by Crippen LogP contribution is -2.54. The van der Waals surface area contributed by atoms with E-state index >= 15 is 0 Å². The van der Waals surface area contributed by atoms with Crippen molar-refractivity contribution in [1.29, 1.82) is 0 Å². The summed E-state index contributed by atoms with van der Waals surface area (Å²) >= 11 is 7.54. The topological polar surface area (TPSA) is 254 Å². The molecule has 4 aromatic rings. The Morgan fingerprint density at radius 2 is 1.41 bits per heavy atom. The minimum Gasteiger partial charge on any atom is -0.379 e. The third-order valence-electron chi connectivity index (χ3n) is 12.3. The highest BCUT2D eigenvalue weighted by Gasteiger charge is 2.45. The molecule has 6 amide bonds. The molecule has 22 nitrogen and oxygen atoms in total. The van der Waals surface area contributed by atoms with Gasteiger partial charge in [0.2, 0.25) is 17.7 Å². The van der Waals surface area contributed by atoms with Crippen molar-refractivity contribution in [3.05, 3.63) is 81.1 Å². The normalized spacial score (nSPS) is 15.9. The van der Waals surface area contributed by atoms with Crippen LogP contribution in [-0.2, 0) is 42.8 Å². The molecule has 5 heterocycles. The van der Waals surface area contributed by atoms with Crippen LogP contribution in [0.3, 0.4) is 0 Å². The number of hydrogen-bond donors (Lipinski definition) is 4. The number of fused-ring (bicyclic) bond motifs is 1. The fraction of sp³-hybridized carbons (Fsp3) is 0.510. The number of aromatic nitrogens is 3. The summed E-state index contributed by atoms with van der Waals surface area (Å²) in [7, 11) is 0. The van der Waals surface area contributed by atoms with Crippen LogP contribution in [-0.4, -0.2) is 178 Å². The van der Waals surface area contributed by atoms with Crippen LogP contribution in [0.25, 0.3) is 0 Å². The number of para-hydroxylation sites is 1. The highest BCUT2D eigenvalue weighted by Crippen LogP contribution is 2.33. The molecule has 75 heavy (non-hydrogen) atoms. The zero-order valence-corrected chi connectivity index (χ0v) is 43.9. The van der Waals surface area contributed by atoms with E-state index in [-0.39, 0.29) is 55.4 Å². The molecule has 404 valence electrons. The first kappa shape index (κ1) is 56.7. The van der Waals surface area contributed by atoms with Gasteiger partial charge in [-0.1, -0.05) is 54.0 Å². The number of piperazine rings is 1. The lowest BCUT2D eigenvalue weighted by Gasteiger charge is -2.35. The zero-order chi connectivity index (χ0) is 52.9. The second kappa shape index (κ2) is 29.3. The molecule has 0 radical (unpaired) electrons. The fourth-order valence-electron chi connectivity index (χ4n) is 8.45. The van der Waals surface area contributed by atoms with E-state index in [1.165, 1.54) is 29.5 Å². The minimum absolute atomic E-state index is 0.00605. The van der Waals surface area contributed by atoms with Gasteiger partial charge in [0.05, 0.1) is 99.8 Å². The number of ether oxygens (including phenoxy) is 6. The monoisotopic (exact) mass is 1080 g/mol. The number of amides is 6. The van der Waals surface area contributed by atoms with Gasteiger partial charge in [0.25, 0.3) is 17.7 Å². The third-order valence-corrected chi connectivity index (χ3v) is 13.5. The molecular weight excluding hydrogens is 1010 g/mol. The Morgan fingerprint density at radius 3 is 2.09 bits per heavy atom. The highest BCUT2D eigenvalue weighted by molar-refractivity contribution is 7.17. The van der Waals surface area contributed by atoms with E-state index in [0.29, 0.717) is 91.8 Å². The van der Waals surface area contributed by atoms with Crippen LogP contribution in [0.4, 0.5) is 28.1 Å². The van der Waals surface area contributed by atoms with E-state index in [1.54, 1.807) is 12.3 Å². The summed E-state index contributed by atoms with van der Waals surface area (Å²) in [5, 5.41) is 11.9. The molecule has 2 aromatic carbocycles. The van der Waals surface area contributed by atoms with E-state index in [1.807, 2.05) is 32.0 Å². The van der Waals surface area contributed by atoms with Gasteiger partial charge in [0, 0.05) is 45.3 Å². The van der Waals surface area contributed by atoms with E-state index in [2.05, 4.69) is 41.0 Å². The van der Waals surface area contributed by atoms with Crippen molar-refractivity contribution >= 4 is 86.5 Å². The number of imide groups is 2. The first-order valence-electron chi connectivity index (χ1n) is 25.2. The predicted octanol–water partition coefficient (Wildman–Crippen LogP) is 5.02. The smallest absolute Gasteiger partial charge is 0.267 e. The van der Waals surface area contributed by atoms with E-state index in [9.17, 15) is 28.8 Å². The van der Waals surface area contributed by atoms with Gasteiger partial charge in [0.15, 0.2) is 5.13 Å². The summed E-state index contributed by atoms with van der Waals surface area (Å²) in [5.41, 5.74) is 1.64. The molecule has 0 aliphatic carbocycles. The Bertz CT molecular complexity index is 2580. The highest BCUT2D eigenvalue weighted by atomic mass is 35.5. The quantitative estimate of drug-likeness (QED) is 0.0381. The number of hydrogen-bond acceptors (Lipinski definition) is 19. The SMILES string of the molecule is Cc1nc(Nc2ncc(C(=O)Nc3c(C)cccc3Cl)s2)cc(N2CCN(CCCCCCOCCOCCOCCOCCOCCOCC(=O)Nc3cccc4c3C(=O)N(C3CCC(=O)NC3=O)C4=O)CC2)n1. The van der Waals surface area contributed by atoms with Crippen molar-refractivity contribution in [2.24, 2.45) is 0 Å². The Labute approximate surface area is 444 Å². The van der Waals surface area contributed by atoms with Crippen molar-refractivity contribution < 1.29 is 57.2 Å². The summed E-state index contributed by atoms with van der Waals surface area (Å²) in [5.74, 6) is -1.22. The molecule has 3 aliphatic heterocycles. The van der Waals surface area contributed by atoms with Crippen LogP contribution in [0.15, 0.2) is 48.7 Å². The van der Waals surface area contributed by atoms with Crippen LogP contribution in [0.2, 0.25) is 5.02 Å². The molecular formula is C51H65ClN10O12S. The number of piperidine rings is 1. The van der Waals surface area contributed by atoms with Crippen molar-refractivity contribution in [2.45, 2.75) is 58.4 Å². The molecule has 1 unspecified atom stereocenters. The predicted molar refractivity (Wildman–Crippen MR) is 280 cm³/mol. The van der Waals surface area contributed by atoms with Crippen molar-refractivity contribution in [3.8, 4) is 0 Å². The molecule has 0 spiro atoms. The zero-order valence-electron chi connectivity index (χ0n) is 42.3. The maximum atomic E-state index is 13.2. The van der Waals surface area contributed by atoms with Gasteiger partial charge in [-0.15, -0.1) is 0 Å². The summed E-state index contributed by atoms with van der Waals surface area (Å²) in [6.07, 6.45) is 6.01. The average molecular weight is 1080 g/mol. The van der Waals surface area contributed by atoms with Gasteiger partial charge in [0.1, 0.15) is 35.0 Å². The number of carbonyl (C=O) groups excluding carboxylic acids is 6. The number of carbonyl (C=O) groups is 6. The van der Waals surface area contributed by atoms with Crippen LogP contribution >= 0.6 is 22.9 Å². The van der Waals surface area contributed by atoms with Crippen molar-refractivity contribution in [3.63, 3.8) is 0 Å². The Morgan fingerprint density at radius 1 is 0.760 bits per heavy atom. The van der Waals surface area contributed by atoms with Crippen LogP contribution in [0.5, 0.6) is 0 Å². The second-order valence-corrected chi connectivity index (χ2v) is 19.2. The number of benzene rings is 2. The number of anilines is 5. The number of nitrogens with zero attached hydrogens (tertiary/aromatic N) is 6. The molecule has 2 saturated heterocycles. The van der Waals surface area contributed by atoms with E-state index < -0.39 is 35.6 Å². The van der Waals surface area contributed by atoms with Crippen molar-refractivity contribution in [2.75, 3.05) is 133 Å². The number of nitrogens with one attached hydrogen (secondary N) is 4. The number of thiazole rings is 1. The second-order valence-electron chi connectivity index (χ2n) is 17.8. The average Bonchev–Trinajstić information content (AvgIpc) is 3.96. The first-order chi connectivity index (χ1) is 36.4. The summed E-state index contributed by atoms with van der Waals surface area (Å²) < 4.78 is 33.3. The molecule has 2 aromatic heterocycles. The Hall–Kier alpha value is -6.02.